The third kappa shape index (κ3) is 27.5. The third-order valence-electron chi connectivity index (χ3n) is 11.4. The summed E-state index contributed by atoms with van der Waals surface area (Å²) < 4.78 is 0. The summed E-state index contributed by atoms with van der Waals surface area (Å²) in [6, 6.07) is -10.0. The Bertz CT molecular complexity index is 1810. The molecule has 8 amide bonds. The van der Waals surface area contributed by atoms with Gasteiger partial charge < -0.3 is 53.4 Å². The zero-order chi connectivity index (χ0) is 55.7. The van der Waals surface area contributed by atoms with Crippen LogP contribution in [-0.2, 0) is 43.2 Å². The lowest BCUT2D eigenvalue weighted by Gasteiger charge is -2.30. The molecule has 19 heteroatoms. The van der Waals surface area contributed by atoms with Crippen LogP contribution in [0.3, 0.4) is 0 Å². The molecule has 0 rings (SSSR count). The average Bonchev–Trinajstić information content (AvgIpc) is 3.22. The van der Waals surface area contributed by atoms with E-state index in [0.717, 1.165) is 0 Å². The van der Waals surface area contributed by atoms with Crippen LogP contribution < -0.4 is 48.3 Å². The topological polar surface area (TPSA) is 296 Å². The van der Waals surface area contributed by atoms with Gasteiger partial charge >= 0.3 is 5.97 Å². The Labute approximate surface area is 431 Å². The van der Waals surface area contributed by atoms with Gasteiger partial charge in [-0.05, 0) is 98.7 Å². The number of hydrogen-bond acceptors (Lipinski definition) is 10. The maximum atomic E-state index is 14.3. The van der Waals surface area contributed by atoms with Crippen molar-refractivity contribution in [3.05, 3.63) is 0 Å². The highest BCUT2D eigenvalue weighted by atomic mass is 16.4. The van der Waals surface area contributed by atoms with E-state index in [-0.39, 0.29) is 105 Å². The van der Waals surface area contributed by atoms with Crippen molar-refractivity contribution in [2.24, 2.45) is 53.1 Å². The van der Waals surface area contributed by atoms with Crippen molar-refractivity contribution in [1.29, 1.82) is 0 Å². The number of hydrogen-bond donors (Lipinski definition) is 10. The molecule has 0 spiro atoms. The lowest BCUT2D eigenvalue weighted by molar-refractivity contribution is -0.143. The van der Waals surface area contributed by atoms with E-state index >= 15 is 0 Å². The van der Waals surface area contributed by atoms with Gasteiger partial charge in [0.15, 0.2) is 0 Å². The molecule has 19 nitrogen and oxygen atoms in total. The summed E-state index contributed by atoms with van der Waals surface area (Å²) in [6.07, 6.45) is 6.80. The van der Waals surface area contributed by atoms with Gasteiger partial charge in [0.25, 0.3) is 0 Å². The molecule has 0 saturated heterocycles. The summed E-state index contributed by atoms with van der Waals surface area (Å²) in [5, 5.41) is 31.8. The predicted molar refractivity (Wildman–Crippen MR) is 280 cm³/mol. The van der Waals surface area contributed by atoms with Crippen LogP contribution in [0.15, 0.2) is 0 Å². The van der Waals surface area contributed by atoms with Crippen LogP contribution >= 0.6 is 0 Å². The fourth-order valence-corrected chi connectivity index (χ4v) is 8.02. The Morgan fingerprint density at radius 3 is 0.639 bits per heavy atom. The summed E-state index contributed by atoms with van der Waals surface area (Å²) in [6.45, 7) is 29.8. The van der Waals surface area contributed by atoms with Crippen LogP contribution in [0.2, 0.25) is 0 Å². The first kappa shape index (κ1) is 66.8. The Morgan fingerprint density at radius 2 is 0.486 bits per heavy atom. The molecule has 0 saturated carbocycles. The lowest BCUT2D eigenvalue weighted by Crippen LogP contribution is -2.61. The van der Waals surface area contributed by atoms with Gasteiger partial charge in [-0.3, -0.25) is 38.4 Å². The summed E-state index contributed by atoms with van der Waals surface area (Å²) in [4.78, 5) is 123. The second kappa shape index (κ2) is 33.5. The van der Waals surface area contributed by atoms with E-state index in [9.17, 15) is 48.3 Å². The highest BCUT2D eigenvalue weighted by Crippen LogP contribution is 2.16. The summed E-state index contributed by atoms with van der Waals surface area (Å²) in [7, 11) is 0. The quantitative estimate of drug-likeness (QED) is 0.0415. The van der Waals surface area contributed by atoms with Crippen LogP contribution in [0.4, 0.5) is 0 Å². The van der Waals surface area contributed by atoms with E-state index in [1.54, 1.807) is 0 Å². The van der Waals surface area contributed by atoms with E-state index in [1.165, 1.54) is 0 Å². The predicted octanol–water partition coefficient (Wildman–Crippen LogP) is 3.67. The number of rotatable bonds is 34. The minimum atomic E-state index is -1.19. The SMILES string of the molecule is C#CC[C@H](N)C(=O)N[C@@H](CC(C)C)C(=O)N[C@@H](CC(C)C)C(=O)N[C@@H](CC(C)C)C(=O)N[C@@H](CC(C)C)C(=O)N[C@@H](CC(C)C)C(=O)N[C@@H](CC(C)C)C(=O)N[C@@H](CC(C)C)C(=O)N[C@@H](CC(C)C)C(=O)O. The van der Waals surface area contributed by atoms with Crippen molar-refractivity contribution < 1.29 is 48.3 Å². The lowest BCUT2D eigenvalue weighted by atomic mass is 9.97. The van der Waals surface area contributed by atoms with Crippen LogP contribution in [-0.4, -0.2) is 113 Å². The maximum absolute atomic E-state index is 14.3. The van der Waals surface area contributed by atoms with Crippen LogP contribution in [0, 0.1) is 59.7 Å². The standard InChI is InChI=1S/C53H95N9O10/c1-18-19-36(54)45(63)55-37(20-28(2)3)46(64)56-38(21-29(4)5)47(65)57-39(22-30(6)7)48(66)58-40(23-31(8)9)49(67)59-41(24-32(10)11)50(68)60-42(25-33(12)13)51(69)61-43(26-34(14)15)52(70)62-44(53(71)72)27-35(16)17/h1,28-44H,19-27,54H2,2-17H3,(H,55,63)(H,56,64)(H,57,65)(H,58,66)(H,59,67)(H,60,68)(H,61,69)(H,62,70)(H,71,72)/t36-,37-,38-,39-,40-,41-,42-,43-,44-/m0/s1. The number of carbonyl (C=O) groups excluding carboxylic acids is 8. The van der Waals surface area contributed by atoms with E-state index in [4.69, 9.17) is 12.2 Å². The number of nitrogens with two attached hydrogens (primary N) is 1. The van der Waals surface area contributed by atoms with Gasteiger partial charge in [-0.15, -0.1) is 12.3 Å². The first-order valence-corrected chi connectivity index (χ1v) is 26.1. The molecule has 9 atom stereocenters. The molecule has 0 aromatic rings. The Hall–Kier alpha value is -5.25. The van der Waals surface area contributed by atoms with Crippen molar-refractivity contribution in [1.82, 2.24) is 42.5 Å². The Kier molecular flexibility index (Phi) is 31.0. The van der Waals surface area contributed by atoms with Gasteiger partial charge in [-0.2, -0.15) is 0 Å². The molecule has 0 radical (unpaired) electrons. The molecule has 0 aromatic carbocycles. The second-order valence-corrected chi connectivity index (χ2v) is 22.9. The largest absolute Gasteiger partial charge is 0.480 e. The monoisotopic (exact) mass is 1020 g/mol. The second-order valence-electron chi connectivity index (χ2n) is 22.9. The molecule has 0 aliphatic rings. The summed E-state index contributed by atoms with van der Waals surface area (Å²) in [5.41, 5.74) is 5.91. The van der Waals surface area contributed by atoms with E-state index in [2.05, 4.69) is 48.5 Å². The molecule has 0 fully saturated rings. The Morgan fingerprint density at radius 1 is 0.333 bits per heavy atom. The van der Waals surface area contributed by atoms with Crippen LogP contribution in [0.1, 0.15) is 169 Å². The van der Waals surface area contributed by atoms with Crippen LogP contribution in [0.5, 0.6) is 0 Å². The molecule has 0 aliphatic heterocycles. The minimum Gasteiger partial charge on any atom is -0.480 e. The van der Waals surface area contributed by atoms with Gasteiger partial charge in [0, 0.05) is 6.42 Å². The normalized spacial score (nSPS) is 15.4. The highest BCUT2D eigenvalue weighted by Gasteiger charge is 2.36. The molecular weight excluding hydrogens is 923 g/mol. The van der Waals surface area contributed by atoms with Crippen molar-refractivity contribution in [2.75, 3.05) is 0 Å². The minimum absolute atomic E-state index is 0.0218. The molecule has 0 aliphatic carbocycles. The van der Waals surface area contributed by atoms with Crippen molar-refractivity contribution in [3.8, 4) is 12.3 Å². The van der Waals surface area contributed by atoms with Crippen molar-refractivity contribution in [3.63, 3.8) is 0 Å². The molecular formula is C53H95N9O10. The third-order valence-corrected chi connectivity index (χ3v) is 11.4. The van der Waals surface area contributed by atoms with Gasteiger partial charge in [-0.25, -0.2) is 4.79 Å². The summed E-state index contributed by atoms with van der Waals surface area (Å²) >= 11 is 0. The van der Waals surface area contributed by atoms with E-state index < -0.39 is 108 Å². The van der Waals surface area contributed by atoms with Gasteiger partial charge in [0.2, 0.25) is 47.3 Å². The van der Waals surface area contributed by atoms with Gasteiger partial charge in [0.1, 0.15) is 48.3 Å². The first-order valence-electron chi connectivity index (χ1n) is 26.1. The molecule has 11 N–H and O–H groups in total. The zero-order valence-electron chi connectivity index (χ0n) is 46.5. The number of carboxylic acids is 1. The first-order chi connectivity index (χ1) is 33.3. The number of nitrogens with one attached hydrogen (secondary N) is 8. The molecule has 72 heavy (non-hydrogen) atoms. The number of aliphatic carboxylic acids is 1. The zero-order valence-corrected chi connectivity index (χ0v) is 46.5. The van der Waals surface area contributed by atoms with Crippen molar-refractivity contribution >= 4 is 53.2 Å². The molecule has 0 bridgehead atoms. The fraction of sp³-hybridized carbons (Fsp3) is 0.792. The van der Waals surface area contributed by atoms with E-state index in [1.807, 2.05) is 111 Å². The number of terminal acetylenes is 1. The Balaban J connectivity index is 6.69. The van der Waals surface area contributed by atoms with Crippen molar-refractivity contribution in [2.45, 2.75) is 223 Å². The average molecular weight is 1020 g/mol. The smallest absolute Gasteiger partial charge is 0.326 e. The maximum Gasteiger partial charge on any atom is 0.326 e. The molecule has 412 valence electrons. The van der Waals surface area contributed by atoms with Gasteiger partial charge in [0.05, 0.1) is 6.04 Å². The number of carboxylic acid groups (broad SMARTS) is 1. The molecule has 0 aromatic heterocycles. The van der Waals surface area contributed by atoms with Crippen LogP contribution in [0.25, 0.3) is 0 Å². The van der Waals surface area contributed by atoms with Gasteiger partial charge in [-0.1, -0.05) is 111 Å². The molecule has 0 unspecified atom stereocenters. The summed E-state index contributed by atoms with van der Waals surface area (Å²) in [5.74, 6) is -4.61. The number of carbonyl (C=O) groups is 9. The highest BCUT2D eigenvalue weighted by molar-refractivity contribution is 5.98. The van der Waals surface area contributed by atoms with E-state index in [0.29, 0.717) is 0 Å². The fourth-order valence-electron chi connectivity index (χ4n) is 8.02. The molecule has 0 heterocycles. The number of amides is 8.